The number of guanidine groups is 2. The molecule has 0 spiro atoms. The van der Waals surface area contributed by atoms with Crippen molar-refractivity contribution in [3.63, 3.8) is 0 Å². The van der Waals surface area contributed by atoms with Gasteiger partial charge in [0.05, 0.1) is 19.6 Å². The van der Waals surface area contributed by atoms with Crippen molar-refractivity contribution in [2.24, 2.45) is 32.9 Å². The highest BCUT2D eigenvalue weighted by Crippen LogP contribution is 2.39. The summed E-state index contributed by atoms with van der Waals surface area (Å²) in [5, 5.41) is 0. The van der Waals surface area contributed by atoms with Crippen LogP contribution in [0.2, 0.25) is 0 Å². The van der Waals surface area contributed by atoms with Gasteiger partial charge in [0.25, 0.3) is 11.8 Å². The van der Waals surface area contributed by atoms with Crippen LogP contribution in [0.5, 0.6) is 0 Å². The van der Waals surface area contributed by atoms with Crippen molar-refractivity contribution in [3.8, 4) is 0 Å². The lowest BCUT2D eigenvalue weighted by molar-refractivity contribution is 0.0993. The summed E-state index contributed by atoms with van der Waals surface area (Å²) in [5.74, 6) is -2.38. The fraction of sp³-hybridized carbons (Fsp3) is 0.176. The molecule has 0 radical (unpaired) electrons. The fourth-order valence-corrected chi connectivity index (χ4v) is 11.5. The maximum atomic E-state index is 13.2. The van der Waals surface area contributed by atoms with E-state index in [1.54, 1.807) is 19.1 Å². The van der Waals surface area contributed by atoms with Crippen LogP contribution < -0.4 is 22.9 Å². The van der Waals surface area contributed by atoms with Crippen LogP contribution in [0.25, 0.3) is 0 Å². The minimum atomic E-state index is -4.20. The molecule has 0 aliphatic rings. The molecule has 0 heterocycles. The molecule has 14 nitrogen and oxygen atoms in total. The maximum absolute atomic E-state index is 13.2. The zero-order chi connectivity index (χ0) is 40.8. The third-order valence-electron chi connectivity index (χ3n) is 7.29. The van der Waals surface area contributed by atoms with Gasteiger partial charge in [0.1, 0.15) is 0 Å². The number of nitrogens with zero attached hydrogens (tertiary/aromatic N) is 2. The average molecular weight is 945 g/mol. The normalized spacial score (nSPS) is 11.5. The van der Waals surface area contributed by atoms with Gasteiger partial charge < -0.3 is 22.9 Å². The third-order valence-corrected chi connectivity index (χ3v) is 14.7. The van der Waals surface area contributed by atoms with Crippen molar-refractivity contribution in [2.75, 3.05) is 12.5 Å². The first-order chi connectivity index (χ1) is 25.0. The number of amides is 2. The molecule has 4 aromatic rings. The molecular formula is C34H36Br2N6O8S4. The van der Waals surface area contributed by atoms with E-state index in [-0.39, 0.29) is 37.8 Å². The van der Waals surface area contributed by atoms with Crippen molar-refractivity contribution in [3.05, 3.63) is 104 Å². The first kappa shape index (κ1) is 44.3. The highest BCUT2D eigenvalue weighted by Gasteiger charge is 2.30. The molecule has 20 heteroatoms. The first-order valence-electron chi connectivity index (χ1n) is 15.5. The van der Waals surface area contributed by atoms with E-state index in [0.717, 1.165) is 27.9 Å². The molecule has 0 fully saturated rings. The molecule has 0 unspecified atom stereocenters. The van der Waals surface area contributed by atoms with E-state index < -0.39 is 57.1 Å². The molecule has 0 bridgehead atoms. The van der Waals surface area contributed by atoms with Crippen molar-refractivity contribution >= 4 is 96.9 Å². The van der Waals surface area contributed by atoms with E-state index in [2.05, 4.69) is 41.8 Å². The average Bonchev–Trinajstić information content (AvgIpc) is 3.07. The highest BCUT2D eigenvalue weighted by atomic mass is 79.9. The van der Waals surface area contributed by atoms with Gasteiger partial charge in [-0.15, -0.1) is 0 Å². The summed E-state index contributed by atoms with van der Waals surface area (Å²) in [6.07, 6.45) is 2.74. The Morgan fingerprint density at radius 2 is 1.04 bits per heavy atom. The largest absolute Gasteiger partial charge is 0.370 e. The minimum absolute atomic E-state index is 0.0598. The summed E-state index contributed by atoms with van der Waals surface area (Å²) in [7, 11) is -11.8. The number of hydrogen-bond acceptors (Lipinski definition) is 9. The van der Waals surface area contributed by atoms with Gasteiger partial charge in [-0.1, -0.05) is 49.9 Å². The van der Waals surface area contributed by atoms with Gasteiger partial charge in [-0.3, -0.25) is 9.59 Å². The SMILES string of the molecule is CCc1cc(S(=O)(=O)c2ccccc2Br)c(S(C)(=O)=O)cc1C(=O)N=C(N)N.CCc1cc(Sc2ccccc2Br)c(S(C)(=O)=O)cc1C(=O)N=C(N)N. The van der Waals surface area contributed by atoms with Crippen molar-refractivity contribution in [2.45, 2.75) is 56.1 Å². The molecule has 0 aliphatic heterocycles. The summed E-state index contributed by atoms with van der Waals surface area (Å²) >= 11 is 7.94. The summed E-state index contributed by atoms with van der Waals surface area (Å²) in [5.41, 5.74) is 22.1. The lowest BCUT2D eigenvalue weighted by atomic mass is 10.0. The van der Waals surface area contributed by atoms with Gasteiger partial charge in [-0.25, -0.2) is 25.3 Å². The van der Waals surface area contributed by atoms with E-state index in [0.29, 0.717) is 22.4 Å². The lowest BCUT2D eigenvalue weighted by Crippen LogP contribution is -2.24. The number of hydrogen-bond donors (Lipinski definition) is 4. The highest BCUT2D eigenvalue weighted by molar-refractivity contribution is 9.10. The number of rotatable bonds is 10. The van der Waals surface area contributed by atoms with Gasteiger partial charge in [-0.2, -0.15) is 9.98 Å². The van der Waals surface area contributed by atoms with Crippen LogP contribution in [0, 0.1) is 0 Å². The van der Waals surface area contributed by atoms with E-state index >= 15 is 0 Å². The van der Waals surface area contributed by atoms with Gasteiger partial charge in [-0.05, 0) is 104 Å². The third kappa shape index (κ3) is 11.0. The standard InChI is InChI=1S/C17H18BrN3O5S2.C17H18BrN3O3S2/c1-3-10-8-15(28(25,26)13-7-5-4-6-12(13)18)14(27(2,23)24)9-11(10)16(22)21-17(19)20;1-3-10-8-14(25-13-7-5-4-6-12(13)18)15(26(2,23)24)9-11(10)16(22)21-17(19)20/h4-9H,3H2,1-2H3,(H4,19,20,21,22);4-9H,3H2,1-2H3,(H4,19,20,21,22). The zero-order valence-electron chi connectivity index (χ0n) is 29.2. The first-order valence-corrected chi connectivity index (χ1v) is 23.1. The predicted octanol–water partition coefficient (Wildman–Crippen LogP) is 4.64. The quantitative estimate of drug-likeness (QED) is 0.125. The van der Waals surface area contributed by atoms with Crippen molar-refractivity contribution in [1.29, 1.82) is 0 Å². The number of carbonyl (C=O) groups is 2. The molecule has 288 valence electrons. The smallest absolute Gasteiger partial charge is 0.280 e. The Hall–Kier alpha value is -4.08. The van der Waals surface area contributed by atoms with Crippen LogP contribution in [0.3, 0.4) is 0 Å². The number of aryl methyl sites for hydroxylation is 2. The molecule has 54 heavy (non-hydrogen) atoms. The fourth-order valence-electron chi connectivity index (χ4n) is 4.84. The topological polar surface area (TPSA) is 265 Å². The Bertz CT molecular complexity index is 2520. The Labute approximate surface area is 334 Å². The molecule has 2 amide bonds. The lowest BCUT2D eigenvalue weighted by Gasteiger charge is -2.15. The molecule has 0 aliphatic carbocycles. The molecular weight excluding hydrogens is 908 g/mol. The van der Waals surface area contributed by atoms with Gasteiger partial charge >= 0.3 is 0 Å². The monoisotopic (exact) mass is 942 g/mol. The van der Waals surface area contributed by atoms with E-state index in [4.69, 9.17) is 22.9 Å². The van der Waals surface area contributed by atoms with E-state index in [1.165, 1.54) is 42.1 Å². The van der Waals surface area contributed by atoms with Gasteiger partial charge in [0.15, 0.2) is 31.6 Å². The molecule has 4 rings (SSSR count). The Balaban J connectivity index is 0.000000291. The second-order valence-corrected chi connectivity index (χ2v) is 20.0. The molecule has 8 N–H and O–H groups in total. The molecule has 0 saturated heterocycles. The number of halogens is 2. The summed E-state index contributed by atoms with van der Waals surface area (Å²) in [4.78, 5) is 32.0. The summed E-state index contributed by atoms with van der Waals surface area (Å²) in [6.45, 7) is 3.56. The second kappa shape index (κ2) is 18.0. The number of aliphatic imine (C=N–C) groups is 2. The summed E-state index contributed by atoms with van der Waals surface area (Å²) < 4.78 is 76.8. The Kier molecular flexibility index (Phi) is 14.8. The molecule has 0 saturated carbocycles. The Morgan fingerprint density at radius 3 is 1.48 bits per heavy atom. The van der Waals surface area contributed by atoms with Gasteiger partial charge in [0, 0.05) is 42.4 Å². The number of nitrogens with two attached hydrogens (primary N) is 4. The van der Waals surface area contributed by atoms with Gasteiger partial charge in [0.2, 0.25) is 9.84 Å². The minimum Gasteiger partial charge on any atom is -0.370 e. The van der Waals surface area contributed by atoms with Crippen molar-refractivity contribution in [1.82, 2.24) is 0 Å². The van der Waals surface area contributed by atoms with Crippen LogP contribution in [-0.4, -0.2) is 61.5 Å². The van der Waals surface area contributed by atoms with E-state index in [1.807, 2.05) is 31.2 Å². The second-order valence-electron chi connectivity index (χ2n) is 11.3. The Morgan fingerprint density at radius 1 is 0.593 bits per heavy atom. The van der Waals surface area contributed by atoms with Crippen LogP contribution in [0.1, 0.15) is 45.7 Å². The van der Waals surface area contributed by atoms with E-state index in [9.17, 15) is 34.8 Å². The van der Waals surface area contributed by atoms with Crippen LogP contribution >= 0.6 is 43.6 Å². The number of carbonyl (C=O) groups excluding carboxylic acids is 2. The molecule has 0 aromatic heterocycles. The van der Waals surface area contributed by atoms with Crippen LogP contribution in [0.15, 0.2) is 121 Å². The van der Waals surface area contributed by atoms with Crippen LogP contribution in [0.4, 0.5) is 0 Å². The van der Waals surface area contributed by atoms with Crippen molar-refractivity contribution < 1.29 is 34.8 Å². The number of benzene rings is 4. The summed E-state index contributed by atoms with van der Waals surface area (Å²) in [6, 6.07) is 18.8. The number of sulfone groups is 3. The van der Waals surface area contributed by atoms with Crippen LogP contribution in [-0.2, 0) is 42.4 Å². The molecule has 0 atom stereocenters. The zero-order valence-corrected chi connectivity index (χ0v) is 35.6. The predicted molar refractivity (Wildman–Crippen MR) is 216 cm³/mol. The maximum Gasteiger partial charge on any atom is 0.280 e. The molecule has 4 aromatic carbocycles.